The van der Waals surface area contributed by atoms with Crippen LogP contribution in [0.15, 0.2) is 0 Å². The average molecular weight is 173 g/mol. The summed E-state index contributed by atoms with van der Waals surface area (Å²) in [5.74, 6) is 0. The lowest BCUT2D eigenvalue weighted by Crippen LogP contribution is -2.36. The lowest BCUT2D eigenvalue weighted by atomic mass is 10.2. The standard InChI is InChI=1S/C10H23NO/c1-4-6-8-11(7-5-2)10(3)9-12/h10,12H,4-9H2,1-3H3. The topological polar surface area (TPSA) is 23.5 Å². The summed E-state index contributed by atoms with van der Waals surface area (Å²) in [4.78, 5) is 2.36. The van der Waals surface area contributed by atoms with E-state index in [1.165, 1.54) is 19.3 Å². The van der Waals surface area contributed by atoms with Gasteiger partial charge >= 0.3 is 0 Å². The molecule has 0 heterocycles. The number of unbranched alkanes of at least 4 members (excludes halogenated alkanes) is 1. The molecule has 74 valence electrons. The van der Waals surface area contributed by atoms with E-state index in [-0.39, 0.29) is 6.61 Å². The van der Waals surface area contributed by atoms with E-state index in [9.17, 15) is 0 Å². The molecule has 0 spiro atoms. The molecule has 1 atom stereocenters. The van der Waals surface area contributed by atoms with Gasteiger partial charge in [0.1, 0.15) is 0 Å². The summed E-state index contributed by atoms with van der Waals surface area (Å²) in [5, 5.41) is 8.99. The van der Waals surface area contributed by atoms with Crippen molar-refractivity contribution < 1.29 is 5.11 Å². The van der Waals surface area contributed by atoms with E-state index >= 15 is 0 Å². The highest BCUT2D eigenvalue weighted by Crippen LogP contribution is 2.02. The van der Waals surface area contributed by atoms with Gasteiger partial charge in [-0.2, -0.15) is 0 Å². The molecule has 0 rings (SSSR count). The Morgan fingerprint density at radius 3 is 2.25 bits per heavy atom. The number of aliphatic hydroxyl groups excluding tert-OH is 1. The first-order valence-corrected chi connectivity index (χ1v) is 5.11. The van der Waals surface area contributed by atoms with Crippen LogP contribution < -0.4 is 0 Å². The highest BCUT2D eigenvalue weighted by molar-refractivity contribution is 4.65. The smallest absolute Gasteiger partial charge is 0.0584 e. The van der Waals surface area contributed by atoms with Crippen LogP contribution in [0.3, 0.4) is 0 Å². The quantitative estimate of drug-likeness (QED) is 0.635. The molecule has 0 aliphatic rings. The Kier molecular flexibility index (Phi) is 7.51. The molecule has 0 saturated heterocycles. The molecule has 1 N–H and O–H groups in total. The number of hydrogen-bond donors (Lipinski definition) is 1. The fourth-order valence-electron chi connectivity index (χ4n) is 1.32. The molecule has 0 aromatic carbocycles. The van der Waals surface area contributed by atoms with Crippen molar-refractivity contribution in [1.82, 2.24) is 4.90 Å². The molecule has 1 unspecified atom stereocenters. The van der Waals surface area contributed by atoms with Gasteiger partial charge in [-0.05, 0) is 32.9 Å². The zero-order chi connectivity index (χ0) is 9.40. The van der Waals surface area contributed by atoms with Gasteiger partial charge in [-0.15, -0.1) is 0 Å². The lowest BCUT2D eigenvalue weighted by molar-refractivity contribution is 0.133. The Balaban J connectivity index is 3.68. The van der Waals surface area contributed by atoms with Crippen molar-refractivity contribution in [2.24, 2.45) is 0 Å². The second-order valence-electron chi connectivity index (χ2n) is 3.42. The van der Waals surface area contributed by atoms with Gasteiger partial charge in [0.25, 0.3) is 0 Å². The Bertz CT molecular complexity index is 95.8. The van der Waals surface area contributed by atoms with Gasteiger partial charge in [0.2, 0.25) is 0 Å². The monoisotopic (exact) mass is 173 g/mol. The molecule has 0 amide bonds. The van der Waals surface area contributed by atoms with Gasteiger partial charge in [0.15, 0.2) is 0 Å². The fourth-order valence-corrected chi connectivity index (χ4v) is 1.32. The molecule has 2 nitrogen and oxygen atoms in total. The zero-order valence-electron chi connectivity index (χ0n) is 8.71. The molecule has 0 aromatic rings. The van der Waals surface area contributed by atoms with E-state index in [0.29, 0.717) is 6.04 Å². The Morgan fingerprint density at radius 1 is 1.17 bits per heavy atom. The highest BCUT2D eigenvalue weighted by Gasteiger charge is 2.10. The first kappa shape index (κ1) is 11.9. The second-order valence-corrected chi connectivity index (χ2v) is 3.42. The van der Waals surface area contributed by atoms with Gasteiger partial charge in [0.05, 0.1) is 6.61 Å². The van der Waals surface area contributed by atoms with Crippen molar-refractivity contribution in [2.45, 2.75) is 46.1 Å². The summed E-state index contributed by atoms with van der Waals surface area (Å²) >= 11 is 0. The minimum Gasteiger partial charge on any atom is -0.395 e. The molecular formula is C10H23NO. The molecule has 0 aliphatic heterocycles. The predicted octanol–water partition coefficient (Wildman–Crippen LogP) is 1.88. The van der Waals surface area contributed by atoms with Gasteiger partial charge in [-0.25, -0.2) is 0 Å². The molecule has 0 fully saturated rings. The maximum absolute atomic E-state index is 8.99. The Hall–Kier alpha value is -0.0800. The van der Waals surface area contributed by atoms with Crippen molar-refractivity contribution in [3.63, 3.8) is 0 Å². The van der Waals surface area contributed by atoms with Crippen LogP contribution in [0, 0.1) is 0 Å². The molecule has 0 aliphatic carbocycles. The first-order chi connectivity index (χ1) is 5.76. The minimum atomic E-state index is 0.281. The van der Waals surface area contributed by atoms with Crippen LogP contribution in [0.4, 0.5) is 0 Å². The molecule has 0 radical (unpaired) electrons. The molecule has 2 heteroatoms. The van der Waals surface area contributed by atoms with Crippen LogP contribution in [0.1, 0.15) is 40.0 Å². The third-order valence-electron chi connectivity index (χ3n) is 2.20. The van der Waals surface area contributed by atoms with Crippen molar-refractivity contribution in [3.05, 3.63) is 0 Å². The van der Waals surface area contributed by atoms with Gasteiger partial charge in [-0.1, -0.05) is 20.3 Å². The average Bonchev–Trinajstić information content (AvgIpc) is 2.11. The SMILES string of the molecule is CCCCN(CCC)C(C)CO. The normalized spacial score (nSPS) is 13.8. The van der Waals surface area contributed by atoms with E-state index in [1.54, 1.807) is 0 Å². The van der Waals surface area contributed by atoms with Crippen LogP contribution in [-0.4, -0.2) is 35.7 Å². The molecular weight excluding hydrogens is 150 g/mol. The van der Waals surface area contributed by atoms with E-state index in [1.807, 2.05) is 0 Å². The largest absolute Gasteiger partial charge is 0.395 e. The lowest BCUT2D eigenvalue weighted by Gasteiger charge is -2.27. The summed E-state index contributed by atoms with van der Waals surface area (Å²) < 4.78 is 0. The van der Waals surface area contributed by atoms with Gasteiger partial charge < -0.3 is 5.11 Å². The van der Waals surface area contributed by atoms with Crippen LogP contribution in [0.25, 0.3) is 0 Å². The zero-order valence-corrected chi connectivity index (χ0v) is 8.71. The molecule has 0 saturated carbocycles. The van der Waals surface area contributed by atoms with Gasteiger partial charge in [-0.3, -0.25) is 4.90 Å². The third kappa shape index (κ3) is 4.73. The van der Waals surface area contributed by atoms with E-state index in [2.05, 4.69) is 25.7 Å². The minimum absolute atomic E-state index is 0.281. The maximum Gasteiger partial charge on any atom is 0.0584 e. The van der Waals surface area contributed by atoms with E-state index in [4.69, 9.17) is 5.11 Å². The summed E-state index contributed by atoms with van der Waals surface area (Å²) in [6.45, 7) is 9.00. The summed E-state index contributed by atoms with van der Waals surface area (Å²) in [6, 6.07) is 0.330. The molecule has 12 heavy (non-hydrogen) atoms. The van der Waals surface area contributed by atoms with Crippen molar-refractivity contribution in [3.8, 4) is 0 Å². The summed E-state index contributed by atoms with van der Waals surface area (Å²) in [7, 11) is 0. The maximum atomic E-state index is 8.99. The number of nitrogens with zero attached hydrogens (tertiary/aromatic N) is 1. The van der Waals surface area contributed by atoms with Crippen LogP contribution in [0.5, 0.6) is 0 Å². The molecule has 0 aromatic heterocycles. The Morgan fingerprint density at radius 2 is 1.83 bits per heavy atom. The van der Waals surface area contributed by atoms with Crippen LogP contribution >= 0.6 is 0 Å². The highest BCUT2D eigenvalue weighted by atomic mass is 16.3. The van der Waals surface area contributed by atoms with Gasteiger partial charge in [0, 0.05) is 6.04 Å². The molecule has 0 bridgehead atoms. The van der Waals surface area contributed by atoms with Crippen molar-refractivity contribution in [1.29, 1.82) is 0 Å². The van der Waals surface area contributed by atoms with E-state index < -0.39 is 0 Å². The summed E-state index contributed by atoms with van der Waals surface area (Å²) in [6.07, 6.45) is 3.65. The predicted molar refractivity (Wildman–Crippen MR) is 53.3 cm³/mol. The van der Waals surface area contributed by atoms with Crippen LogP contribution in [-0.2, 0) is 0 Å². The Labute approximate surface area is 76.6 Å². The van der Waals surface area contributed by atoms with E-state index in [0.717, 1.165) is 13.1 Å². The van der Waals surface area contributed by atoms with Crippen molar-refractivity contribution >= 4 is 0 Å². The number of aliphatic hydroxyl groups is 1. The third-order valence-corrected chi connectivity index (χ3v) is 2.20. The van der Waals surface area contributed by atoms with Crippen molar-refractivity contribution in [2.75, 3.05) is 19.7 Å². The number of hydrogen-bond acceptors (Lipinski definition) is 2. The fraction of sp³-hybridized carbons (Fsp3) is 1.00. The second kappa shape index (κ2) is 7.56. The number of rotatable bonds is 7. The first-order valence-electron chi connectivity index (χ1n) is 5.11. The summed E-state index contributed by atoms with van der Waals surface area (Å²) in [5.41, 5.74) is 0. The van der Waals surface area contributed by atoms with Crippen LogP contribution in [0.2, 0.25) is 0 Å².